The Balaban J connectivity index is 1.61. The molecule has 0 aliphatic heterocycles. The minimum atomic E-state index is -0.525. The van der Waals surface area contributed by atoms with Crippen molar-refractivity contribution in [1.82, 2.24) is 0 Å². The van der Waals surface area contributed by atoms with Gasteiger partial charge in [0, 0.05) is 11.1 Å². The number of hydrogen-bond donors (Lipinski definition) is 0. The van der Waals surface area contributed by atoms with Crippen molar-refractivity contribution in [2.45, 2.75) is 44.4 Å². The Morgan fingerprint density at radius 1 is 1.00 bits per heavy atom. The third-order valence-electron chi connectivity index (χ3n) is 5.45. The molecular formula is C25H24FN. The van der Waals surface area contributed by atoms with Gasteiger partial charge in [0.25, 0.3) is 0 Å². The number of allylic oxidation sites excluding steroid dienone is 1. The van der Waals surface area contributed by atoms with E-state index in [1.165, 1.54) is 49.8 Å². The van der Waals surface area contributed by atoms with Crippen molar-refractivity contribution >= 4 is 0 Å². The molecule has 1 aliphatic carbocycles. The summed E-state index contributed by atoms with van der Waals surface area (Å²) in [6.07, 6.45) is 9.58. The average molecular weight is 357 g/mol. The van der Waals surface area contributed by atoms with E-state index in [2.05, 4.69) is 30.6 Å². The predicted octanol–water partition coefficient (Wildman–Crippen LogP) is 6.34. The van der Waals surface area contributed by atoms with Crippen LogP contribution < -0.4 is 0 Å². The maximum absolute atomic E-state index is 13.6. The zero-order valence-corrected chi connectivity index (χ0v) is 15.5. The third kappa shape index (κ3) is 5.08. The molecule has 0 bridgehead atoms. The highest BCUT2D eigenvalue weighted by Crippen LogP contribution is 2.37. The van der Waals surface area contributed by atoms with Gasteiger partial charge in [0.1, 0.15) is 11.9 Å². The van der Waals surface area contributed by atoms with Crippen molar-refractivity contribution in [2.75, 3.05) is 0 Å². The summed E-state index contributed by atoms with van der Waals surface area (Å²) in [5, 5.41) is 8.77. The van der Waals surface area contributed by atoms with Gasteiger partial charge < -0.3 is 0 Å². The molecule has 27 heavy (non-hydrogen) atoms. The van der Waals surface area contributed by atoms with Gasteiger partial charge in [0.2, 0.25) is 0 Å². The highest BCUT2D eigenvalue weighted by molar-refractivity contribution is 5.46. The molecule has 0 N–H and O–H groups in total. The molecule has 0 unspecified atom stereocenters. The van der Waals surface area contributed by atoms with Gasteiger partial charge in [0.15, 0.2) is 0 Å². The van der Waals surface area contributed by atoms with Crippen LogP contribution in [-0.2, 0) is 0 Å². The van der Waals surface area contributed by atoms with E-state index in [4.69, 9.17) is 5.26 Å². The first kappa shape index (κ1) is 18.9. The molecule has 0 heterocycles. The van der Waals surface area contributed by atoms with Crippen LogP contribution in [0.4, 0.5) is 4.39 Å². The van der Waals surface area contributed by atoms with Crippen LogP contribution in [0.1, 0.15) is 66.7 Å². The Morgan fingerprint density at radius 2 is 1.67 bits per heavy atom. The minimum Gasteiger partial charge on any atom is -0.206 e. The number of rotatable bonds is 4. The van der Waals surface area contributed by atoms with Gasteiger partial charge >= 0.3 is 0 Å². The maximum Gasteiger partial charge on any atom is 0.142 e. The van der Waals surface area contributed by atoms with Crippen molar-refractivity contribution in [3.63, 3.8) is 0 Å². The normalized spacial score (nSPS) is 18.8. The molecule has 3 rings (SSSR count). The SMILES string of the molecule is C=CCC[C@H]1CC[C@H](c2ccc(C#Cc3ccc(C#N)c(F)c3)cc2)CC1. The molecule has 1 nitrogen and oxygen atoms in total. The zero-order chi connectivity index (χ0) is 19.1. The van der Waals surface area contributed by atoms with Crippen LogP contribution in [0.25, 0.3) is 0 Å². The third-order valence-corrected chi connectivity index (χ3v) is 5.45. The lowest BCUT2D eigenvalue weighted by molar-refractivity contribution is 0.312. The summed E-state index contributed by atoms with van der Waals surface area (Å²) in [4.78, 5) is 0. The molecule has 2 aromatic rings. The lowest BCUT2D eigenvalue weighted by Crippen LogP contribution is -2.13. The van der Waals surface area contributed by atoms with E-state index in [1.54, 1.807) is 6.07 Å². The fourth-order valence-corrected chi connectivity index (χ4v) is 3.80. The van der Waals surface area contributed by atoms with Gasteiger partial charge in [-0.2, -0.15) is 5.26 Å². The Hall–Kier alpha value is -2.84. The summed E-state index contributed by atoms with van der Waals surface area (Å²) in [6, 6.07) is 14.7. The van der Waals surface area contributed by atoms with Gasteiger partial charge in [-0.1, -0.05) is 30.0 Å². The van der Waals surface area contributed by atoms with Crippen LogP contribution in [0.3, 0.4) is 0 Å². The molecule has 2 aromatic carbocycles. The topological polar surface area (TPSA) is 23.8 Å². The zero-order valence-electron chi connectivity index (χ0n) is 15.5. The van der Waals surface area contributed by atoms with Crippen molar-refractivity contribution in [3.8, 4) is 17.9 Å². The van der Waals surface area contributed by atoms with Crippen LogP contribution >= 0.6 is 0 Å². The van der Waals surface area contributed by atoms with E-state index in [0.29, 0.717) is 11.5 Å². The molecule has 0 saturated heterocycles. The summed E-state index contributed by atoms with van der Waals surface area (Å²) in [7, 11) is 0. The Bertz CT molecular complexity index is 885. The predicted molar refractivity (Wildman–Crippen MR) is 108 cm³/mol. The van der Waals surface area contributed by atoms with Crippen molar-refractivity contribution in [2.24, 2.45) is 5.92 Å². The second-order valence-corrected chi connectivity index (χ2v) is 7.26. The van der Waals surface area contributed by atoms with E-state index < -0.39 is 5.82 Å². The van der Waals surface area contributed by atoms with Crippen LogP contribution in [0, 0.1) is 34.9 Å². The fraction of sp³-hybridized carbons (Fsp3) is 0.320. The standard InChI is InChI=1S/C25H24FN/c1-2-3-4-19-7-12-22(13-8-19)23-14-9-20(10-15-23)5-6-21-11-16-24(18-27)25(26)17-21/h2,9-11,14-17,19,22H,1,3-4,7-8,12-13H2/t19-,22-. The smallest absolute Gasteiger partial charge is 0.142 e. The van der Waals surface area contributed by atoms with Gasteiger partial charge in [0.05, 0.1) is 5.56 Å². The monoisotopic (exact) mass is 357 g/mol. The van der Waals surface area contributed by atoms with Crippen LogP contribution in [0.2, 0.25) is 0 Å². The number of nitrogens with zero attached hydrogens (tertiary/aromatic N) is 1. The van der Waals surface area contributed by atoms with Gasteiger partial charge in [-0.05, 0) is 86.3 Å². The molecule has 0 radical (unpaired) electrons. The molecule has 1 fully saturated rings. The largest absolute Gasteiger partial charge is 0.206 e. The number of hydrogen-bond acceptors (Lipinski definition) is 1. The van der Waals surface area contributed by atoms with Crippen molar-refractivity contribution in [1.29, 1.82) is 5.26 Å². The molecule has 0 amide bonds. The van der Waals surface area contributed by atoms with Crippen LogP contribution in [0.5, 0.6) is 0 Å². The highest BCUT2D eigenvalue weighted by Gasteiger charge is 2.21. The maximum atomic E-state index is 13.6. The summed E-state index contributed by atoms with van der Waals surface area (Å²) in [5.41, 5.74) is 2.94. The van der Waals surface area contributed by atoms with E-state index >= 15 is 0 Å². The fourth-order valence-electron chi connectivity index (χ4n) is 3.80. The van der Waals surface area contributed by atoms with Crippen LogP contribution in [-0.4, -0.2) is 0 Å². The average Bonchev–Trinajstić information content (AvgIpc) is 2.71. The molecule has 136 valence electrons. The van der Waals surface area contributed by atoms with Gasteiger partial charge in [-0.3, -0.25) is 0 Å². The molecular weight excluding hydrogens is 333 g/mol. The lowest BCUT2D eigenvalue weighted by Gasteiger charge is -2.28. The second kappa shape index (κ2) is 9.20. The first-order chi connectivity index (χ1) is 13.2. The summed E-state index contributed by atoms with van der Waals surface area (Å²) >= 11 is 0. The summed E-state index contributed by atoms with van der Waals surface area (Å²) in [5.74, 6) is 7.03. The Morgan fingerprint density at radius 3 is 2.30 bits per heavy atom. The molecule has 0 spiro atoms. The van der Waals surface area contributed by atoms with Crippen molar-refractivity contribution < 1.29 is 4.39 Å². The van der Waals surface area contributed by atoms with Gasteiger partial charge in [-0.15, -0.1) is 6.58 Å². The Labute approximate surface area is 161 Å². The first-order valence-electron chi connectivity index (χ1n) is 9.62. The van der Waals surface area contributed by atoms with E-state index in [1.807, 2.05) is 24.3 Å². The van der Waals surface area contributed by atoms with Crippen molar-refractivity contribution in [3.05, 3.63) is 83.2 Å². The number of nitriles is 1. The molecule has 1 aliphatic rings. The minimum absolute atomic E-state index is 0.0455. The summed E-state index contributed by atoms with van der Waals surface area (Å²) in [6.45, 7) is 3.82. The van der Waals surface area contributed by atoms with E-state index in [0.717, 1.165) is 17.9 Å². The molecule has 0 aromatic heterocycles. The van der Waals surface area contributed by atoms with Gasteiger partial charge in [-0.25, -0.2) is 4.39 Å². The van der Waals surface area contributed by atoms with Crippen LogP contribution in [0.15, 0.2) is 55.1 Å². The quantitative estimate of drug-likeness (QED) is 0.463. The Kier molecular flexibility index (Phi) is 6.45. The second-order valence-electron chi connectivity index (χ2n) is 7.26. The lowest BCUT2D eigenvalue weighted by atomic mass is 9.77. The van der Waals surface area contributed by atoms with E-state index in [-0.39, 0.29) is 5.56 Å². The highest BCUT2D eigenvalue weighted by atomic mass is 19.1. The first-order valence-corrected chi connectivity index (χ1v) is 9.62. The van der Waals surface area contributed by atoms with E-state index in [9.17, 15) is 4.39 Å². The number of benzene rings is 2. The number of halogens is 1. The molecule has 0 atom stereocenters. The molecule has 2 heteroatoms. The summed E-state index contributed by atoms with van der Waals surface area (Å²) < 4.78 is 13.6. The molecule has 1 saturated carbocycles.